The fourth-order valence-electron chi connectivity index (χ4n) is 4.22. The topological polar surface area (TPSA) is 96.2 Å². The minimum Gasteiger partial charge on any atom is -0.383 e. The molecule has 1 fully saturated rings. The van der Waals surface area contributed by atoms with Crippen molar-refractivity contribution >= 4 is 23.1 Å². The number of benzene rings is 2. The van der Waals surface area contributed by atoms with E-state index in [1.165, 1.54) is 41.8 Å². The highest BCUT2D eigenvalue weighted by atomic mass is 16.6. The van der Waals surface area contributed by atoms with Crippen LogP contribution in [0.5, 0.6) is 0 Å². The van der Waals surface area contributed by atoms with Crippen molar-refractivity contribution in [3.63, 3.8) is 0 Å². The number of ether oxygens (including phenoxy) is 1. The number of rotatable bonds is 8. The highest BCUT2D eigenvalue weighted by Gasteiger charge is 2.42. The molecule has 0 aliphatic carbocycles. The summed E-state index contributed by atoms with van der Waals surface area (Å²) in [4.78, 5) is 42.5. The maximum atomic E-state index is 13.3. The first-order valence-electron chi connectivity index (χ1n) is 10.8. The van der Waals surface area contributed by atoms with E-state index in [2.05, 4.69) is 17.0 Å². The van der Waals surface area contributed by atoms with Gasteiger partial charge < -0.3 is 9.64 Å². The highest BCUT2D eigenvalue weighted by molar-refractivity contribution is 6.35. The van der Waals surface area contributed by atoms with Crippen LogP contribution in [0.25, 0.3) is 5.57 Å². The van der Waals surface area contributed by atoms with Crippen LogP contribution in [0.1, 0.15) is 11.1 Å². The number of hydrogen-bond acceptors (Lipinski definition) is 7. The molecule has 9 heteroatoms. The van der Waals surface area contributed by atoms with Crippen molar-refractivity contribution in [1.82, 2.24) is 14.7 Å². The molecule has 0 atom stereocenters. The molecule has 2 heterocycles. The van der Waals surface area contributed by atoms with Gasteiger partial charge in [-0.15, -0.1) is 0 Å². The summed E-state index contributed by atoms with van der Waals surface area (Å²) in [5.74, 6) is -0.741. The number of carbonyl (C=O) groups is 2. The number of carbonyl (C=O) groups excluding carboxylic acids is 2. The SMILES string of the molecule is COCCN1C(=O)C(c2ccc([N+](=O)[O-])cc2)=C(N2CCN(Cc3ccccc3)CC2)C1=O. The van der Waals surface area contributed by atoms with Crippen LogP contribution in [0, 0.1) is 10.1 Å². The highest BCUT2D eigenvalue weighted by Crippen LogP contribution is 2.33. The fraction of sp³-hybridized carbons (Fsp3) is 0.333. The molecule has 9 nitrogen and oxygen atoms in total. The van der Waals surface area contributed by atoms with Crippen molar-refractivity contribution in [3.8, 4) is 0 Å². The Bertz CT molecular complexity index is 1060. The third-order valence-electron chi connectivity index (χ3n) is 5.97. The number of methoxy groups -OCH3 is 1. The second-order valence-corrected chi connectivity index (χ2v) is 8.03. The van der Waals surface area contributed by atoms with Gasteiger partial charge in [-0.2, -0.15) is 0 Å². The molecule has 0 unspecified atom stereocenters. The summed E-state index contributed by atoms with van der Waals surface area (Å²) in [6.45, 7) is 3.95. The Balaban J connectivity index is 1.58. The number of nitrogens with zero attached hydrogens (tertiary/aromatic N) is 4. The lowest BCUT2D eigenvalue weighted by molar-refractivity contribution is -0.384. The van der Waals surface area contributed by atoms with E-state index in [9.17, 15) is 19.7 Å². The molecule has 1 saturated heterocycles. The lowest BCUT2D eigenvalue weighted by atomic mass is 10.0. The smallest absolute Gasteiger partial charge is 0.277 e. The molecule has 0 N–H and O–H groups in total. The number of nitro benzene ring substituents is 1. The van der Waals surface area contributed by atoms with Gasteiger partial charge in [0.1, 0.15) is 5.70 Å². The van der Waals surface area contributed by atoms with E-state index in [1.54, 1.807) is 0 Å². The van der Waals surface area contributed by atoms with E-state index < -0.39 is 10.8 Å². The Kier molecular flexibility index (Phi) is 6.81. The second kappa shape index (κ2) is 9.93. The Labute approximate surface area is 192 Å². The van der Waals surface area contributed by atoms with Crippen LogP contribution >= 0.6 is 0 Å². The van der Waals surface area contributed by atoms with Crippen LogP contribution in [0.3, 0.4) is 0 Å². The summed E-state index contributed by atoms with van der Waals surface area (Å²) in [5, 5.41) is 11.0. The monoisotopic (exact) mass is 450 g/mol. The van der Waals surface area contributed by atoms with Crippen LogP contribution in [0.15, 0.2) is 60.3 Å². The molecule has 2 aliphatic heterocycles. The molecule has 2 aromatic carbocycles. The maximum absolute atomic E-state index is 13.3. The first-order valence-corrected chi connectivity index (χ1v) is 10.8. The van der Waals surface area contributed by atoms with E-state index in [0.29, 0.717) is 29.9 Å². The van der Waals surface area contributed by atoms with Crippen LogP contribution in [-0.2, 0) is 20.9 Å². The van der Waals surface area contributed by atoms with Gasteiger partial charge in [0.05, 0.1) is 23.6 Å². The summed E-state index contributed by atoms with van der Waals surface area (Å²) in [6, 6.07) is 16.0. The largest absolute Gasteiger partial charge is 0.383 e. The predicted molar refractivity (Wildman–Crippen MR) is 122 cm³/mol. The molecule has 2 aromatic rings. The molecule has 172 valence electrons. The van der Waals surface area contributed by atoms with Crippen molar-refractivity contribution in [2.75, 3.05) is 46.4 Å². The number of non-ortho nitro benzene ring substituents is 1. The minimum absolute atomic E-state index is 0.0663. The summed E-state index contributed by atoms with van der Waals surface area (Å²) < 4.78 is 5.07. The summed E-state index contributed by atoms with van der Waals surface area (Å²) in [7, 11) is 1.52. The molecular formula is C24H26N4O5. The van der Waals surface area contributed by atoms with Gasteiger partial charge in [-0.3, -0.25) is 29.5 Å². The van der Waals surface area contributed by atoms with Crippen LogP contribution < -0.4 is 0 Å². The predicted octanol–water partition coefficient (Wildman–Crippen LogP) is 2.14. The van der Waals surface area contributed by atoms with E-state index >= 15 is 0 Å². The molecular weight excluding hydrogens is 424 g/mol. The van der Waals surface area contributed by atoms with E-state index in [1.807, 2.05) is 23.1 Å². The van der Waals surface area contributed by atoms with Crippen molar-refractivity contribution in [2.24, 2.45) is 0 Å². The number of imide groups is 1. The van der Waals surface area contributed by atoms with Gasteiger partial charge in [0.25, 0.3) is 17.5 Å². The lowest BCUT2D eigenvalue weighted by Crippen LogP contribution is -2.47. The number of nitro groups is 1. The Hall–Kier alpha value is -3.56. The van der Waals surface area contributed by atoms with E-state index in [0.717, 1.165) is 19.6 Å². The molecule has 33 heavy (non-hydrogen) atoms. The third-order valence-corrected chi connectivity index (χ3v) is 5.97. The van der Waals surface area contributed by atoms with Gasteiger partial charge in [-0.1, -0.05) is 30.3 Å². The molecule has 2 amide bonds. The third kappa shape index (κ3) is 4.79. The zero-order valence-corrected chi connectivity index (χ0v) is 18.5. The normalized spacial score (nSPS) is 17.2. The quantitative estimate of drug-likeness (QED) is 0.345. The van der Waals surface area contributed by atoms with E-state index in [4.69, 9.17) is 4.74 Å². The standard InChI is InChI=1S/C24H26N4O5/c1-33-16-15-27-23(29)21(19-7-9-20(10-8-19)28(31)32)22(24(27)30)26-13-11-25(12-14-26)17-18-5-3-2-4-6-18/h2-10H,11-17H2,1H3. The number of piperazine rings is 1. The first kappa shape index (κ1) is 22.6. The maximum Gasteiger partial charge on any atom is 0.277 e. The summed E-state index contributed by atoms with van der Waals surface area (Å²) >= 11 is 0. The van der Waals surface area contributed by atoms with Gasteiger partial charge >= 0.3 is 0 Å². The van der Waals surface area contributed by atoms with Gasteiger partial charge in [-0.05, 0) is 23.3 Å². The molecule has 4 rings (SSSR count). The molecule has 0 radical (unpaired) electrons. The number of amides is 2. The van der Waals surface area contributed by atoms with Gasteiger partial charge in [0, 0.05) is 52.0 Å². The second-order valence-electron chi connectivity index (χ2n) is 8.03. The van der Waals surface area contributed by atoms with Crippen molar-refractivity contribution in [1.29, 1.82) is 0 Å². The molecule has 0 saturated carbocycles. The summed E-state index contributed by atoms with van der Waals surface area (Å²) in [6.07, 6.45) is 0. The lowest BCUT2D eigenvalue weighted by Gasteiger charge is -2.36. The Morgan fingerprint density at radius 3 is 2.21 bits per heavy atom. The summed E-state index contributed by atoms with van der Waals surface area (Å²) in [5.41, 5.74) is 2.32. The van der Waals surface area contributed by atoms with Crippen molar-refractivity contribution in [3.05, 3.63) is 81.5 Å². The molecule has 0 bridgehead atoms. The van der Waals surface area contributed by atoms with Crippen LogP contribution in [-0.4, -0.2) is 77.9 Å². The molecule has 0 aromatic heterocycles. The average Bonchev–Trinajstić information content (AvgIpc) is 3.08. The van der Waals surface area contributed by atoms with Crippen molar-refractivity contribution < 1.29 is 19.2 Å². The Morgan fingerprint density at radius 1 is 0.939 bits per heavy atom. The fourth-order valence-corrected chi connectivity index (χ4v) is 4.22. The minimum atomic E-state index is -0.489. The Morgan fingerprint density at radius 2 is 1.61 bits per heavy atom. The average molecular weight is 450 g/mol. The first-order chi connectivity index (χ1) is 16.0. The molecule has 0 spiro atoms. The van der Waals surface area contributed by atoms with Crippen molar-refractivity contribution in [2.45, 2.75) is 6.54 Å². The van der Waals surface area contributed by atoms with Gasteiger partial charge in [0.2, 0.25) is 0 Å². The van der Waals surface area contributed by atoms with E-state index in [-0.39, 0.29) is 24.7 Å². The number of hydrogen-bond donors (Lipinski definition) is 0. The van der Waals surface area contributed by atoms with Crippen LogP contribution in [0.2, 0.25) is 0 Å². The molecule has 2 aliphatic rings. The van der Waals surface area contributed by atoms with Crippen LogP contribution in [0.4, 0.5) is 5.69 Å². The van der Waals surface area contributed by atoms with Gasteiger partial charge in [-0.25, -0.2) is 0 Å². The zero-order chi connectivity index (χ0) is 23.4. The zero-order valence-electron chi connectivity index (χ0n) is 18.5. The van der Waals surface area contributed by atoms with Gasteiger partial charge in [0.15, 0.2) is 0 Å².